The van der Waals surface area contributed by atoms with E-state index in [0.29, 0.717) is 11.2 Å². The molecule has 0 aliphatic carbocycles. The molecule has 0 saturated carbocycles. The van der Waals surface area contributed by atoms with Gasteiger partial charge < -0.3 is 31.6 Å². The number of alkyl halides is 13. The Bertz CT molecular complexity index is 5480. The van der Waals surface area contributed by atoms with Crippen LogP contribution < -0.4 is 22.4 Å². The molecule has 15 aromatic carbocycles. The van der Waals surface area contributed by atoms with Crippen LogP contribution in [0.15, 0.2) is 377 Å². The van der Waals surface area contributed by atoms with Crippen molar-refractivity contribution in [2.75, 3.05) is 0 Å². The van der Waals surface area contributed by atoms with Gasteiger partial charge in [0.15, 0.2) is 5.11 Å². The van der Waals surface area contributed by atoms with Crippen molar-refractivity contribution in [3.63, 3.8) is 0 Å². The first-order chi connectivity index (χ1) is 59.7. The van der Waals surface area contributed by atoms with E-state index in [9.17, 15) is 52.7 Å². The van der Waals surface area contributed by atoms with Crippen LogP contribution in [0, 0.1) is 20.8 Å². The van der Waals surface area contributed by atoms with E-state index in [-0.39, 0.29) is 25.4 Å². The van der Waals surface area contributed by atoms with E-state index in [0.717, 1.165) is 152 Å². The lowest BCUT2D eigenvalue weighted by Gasteiger charge is -2.09. The van der Waals surface area contributed by atoms with Gasteiger partial charge in [0.1, 0.15) is 0 Å². The molecule has 128 heavy (non-hydrogen) atoms. The van der Waals surface area contributed by atoms with Gasteiger partial charge in [0, 0.05) is 24.5 Å². The second kappa shape index (κ2) is 51.0. The van der Waals surface area contributed by atoms with Crippen LogP contribution in [0.1, 0.15) is 64.9 Å². The predicted octanol–water partition coefficient (Wildman–Crippen LogP) is 29.6. The summed E-state index contributed by atoms with van der Waals surface area (Å²) in [4.78, 5) is 0. The minimum absolute atomic E-state index is 0. The number of hydrogen-bond donors (Lipinski definition) is 7. The molecule has 0 saturated heterocycles. The number of benzene rings is 15. The maximum absolute atomic E-state index is 12.6. The van der Waals surface area contributed by atoms with Crippen LogP contribution in [0.5, 0.6) is 0 Å². The van der Waals surface area contributed by atoms with E-state index in [2.05, 4.69) is 259 Å². The monoisotopic (exact) mass is 2040 g/mol. The van der Waals surface area contributed by atoms with Crippen molar-refractivity contribution in [1.29, 1.82) is 0 Å². The summed E-state index contributed by atoms with van der Waals surface area (Å²) >= 11 is 21.8. The van der Waals surface area contributed by atoms with Crippen LogP contribution in [0.25, 0.3) is 89.0 Å². The molecule has 0 atom stereocenters. The Labute approximate surface area is 784 Å². The lowest BCUT2D eigenvalue weighted by molar-refractivity contribution is -0.138. The molecule has 26 heteroatoms. The summed E-state index contributed by atoms with van der Waals surface area (Å²) < 4.78 is 153. The molecule has 0 fully saturated rings. The minimum atomic E-state index is -4.39. The van der Waals surface area contributed by atoms with Crippen molar-refractivity contribution < 1.29 is 72.8 Å². The summed E-state index contributed by atoms with van der Waals surface area (Å²) in [5.41, 5.74) is 29.8. The van der Waals surface area contributed by atoms with Gasteiger partial charge in [-0.3, -0.25) is 0 Å². The van der Waals surface area contributed by atoms with Gasteiger partial charge in [0.25, 0.3) is 0 Å². The molecule has 0 heterocycles. The Morgan fingerprint density at radius 3 is 0.562 bits per heavy atom. The number of rotatable bonds is 12. The summed E-state index contributed by atoms with van der Waals surface area (Å²) in [6, 6.07) is 108. The fourth-order valence-corrected chi connectivity index (χ4v) is 13.1. The third kappa shape index (κ3) is 35.1. The molecule has 0 radical (unpaired) electrons. The maximum atomic E-state index is 12.6. The SMILES string of the molecule is C.C.Cc1ccc(-c2ccc(-c3ccc(C(F)(F)F)cc3)cc2)cc1.Cc1ccc(-c2ccc(Br)cc2)cc1.Cc1ccc(-c2ccc(Br)cc2)cc1.FC(F)(F)c1ccc(-c2ccc(-c3ccc(CBr)cc3)cc2)cc1.FC(F)(F)c1ccc(-c2ccc(-c3ccc(CS)cc3)cc2)cc1.NC(N)=S.OB(O)c1ccc(Br)cc1.OB(O)c1ccc(C(F)(F)F)cc1. The Balaban J connectivity index is 0.000000232. The number of halogens is 16. The molecule has 0 spiro atoms. The quantitative estimate of drug-likeness (QED) is 0.0213. The van der Waals surface area contributed by atoms with E-state index in [4.69, 9.17) is 20.1 Å². The van der Waals surface area contributed by atoms with Gasteiger partial charge >= 0.3 is 38.9 Å². The Morgan fingerprint density at radius 2 is 0.398 bits per heavy atom. The van der Waals surface area contributed by atoms with Crippen molar-refractivity contribution in [2.24, 2.45) is 11.5 Å². The molecule has 0 unspecified atom stereocenters. The summed E-state index contributed by atoms with van der Waals surface area (Å²) in [5, 5.41) is 35.3. The lowest BCUT2D eigenvalue weighted by atomic mass is 9.80. The van der Waals surface area contributed by atoms with E-state index < -0.39 is 61.2 Å². The fourth-order valence-electron chi connectivity index (χ4n) is 11.7. The van der Waals surface area contributed by atoms with Crippen LogP contribution in [0.3, 0.4) is 0 Å². The second-order valence-corrected chi connectivity index (χ2v) is 32.2. The number of hydrogen-bond acceptors (Lipinski definition) is 6. The number of nitrogens with two attached hydrogens (primary N) is 2. The first kappa shape index (κ1) is 106. The molecule has 0 amide bonds. The zero-order chi connectivity index (χ0) is 91.9. The van der Waals surface area contributed by atoms with E-state index in [1.165, 1.54) is 80.9 Å². The molecule has 6 nitrogen and oxygen atoms in total. The average Bonchev–Trinajstić information content (AvgIpc) is 0.809. The van der Waals surface area contributed by atoms with Crippen molar-refractivity contribution in [3.05, 3.63) is 427 Å². The van der Waals surface area contributed by atoms with Gasteiger partial charge in [0.2, 0.25) is 0 Å². The molecule has 0 aliphatic heterocycles. The third-order valence-corrected chi connectivity index (χ3v) is 21.3. The molecule has 0 aromatic heterocycles. The number of thiocarbonyl (C=S) groups is 1. The van der Waals surface area contributed by atoms with Gasteiger partial charge in [-0.1, -0.05) is 386 Å². The highest BCUT2D eigenvalue weighted by Gasteiger charge is 2.33. The number of thiol groups is 1. The number of aryl methyl sites for hydroxylation is 3. The summed E-state index contributed by atoms with van der Waals surface area (Å²) in [5.74, 6) is 0.702. The van der Waals surface area contributed by atoms with Crippen LogP contribution in [-0.4, -0.2) is 39.4 Å². The first-order valence-corrected chi connectivity index (χ1v) is 42.9. The Kier molecular flexibility index (Phi) is 42.3. The molecular weight excluding hydrogens is 1950 g/mol. The standard InChI is InChI=1S/C20H14BrF3.C20H15F3S.C20H15F3.2C13H11Br.C7H6BF3O2.C6H6BBrO2.CH4N2S.2CH4/c21-13-14-1-3-15(4-2-14)16-5-7-17(8-6-16)18-9-11-19(12-10-18)20(22,23)24;21-20(22,23)19-11-9-18(10-12-19)17-7-5-16(6-8-17)15-3-1-14(13-24)2-4-15;1-14-2-4-15(5-3-14)16-6-8-17(9-7-16)18-10-12-19(13-11-18)20(21,22)23;2*1-10-2-4-11(5-3-10)12-6-8-13(14)9-7-12;9-7(10,11)5-1-3-6(4-2-5)8(12)13;8-6-3-1-5(2-4-6)7(9)10;2-1(3)4;;/h1-12H,13H2;1-12,24H,13H2;2-13H,1H3;2*2-9H,1H3;1-4,12-13H;1-4,9-10H;(H4,2,3,4);2*1H4. The summed E-state index contributed by atoms with van der Waals surface area (Å²) in [6.45, 7) is 6.24. The predicted molar refractivity (Wildman–Crippen MR) is 525 cm³/mol. The Morgan fingerprint density at radius 1 is 0.266 bits per heavy atom. The normalized spacial score (nSPS) is 10.7. The largest absolute Gasteiger partial charge is 0.488 e. The fraction of sp³-hybridized carbons (Fsp3) is 0.108. The summed E-state index contributed by atoms with van der Waals surface area (Å²) in [6.07, 6.45) is -17.3. The highest BCUT2D eigenvalue weighted by Crippen LogP contribution is 2.37. The molecule has 15 aromatic rings. The highest BCUT2D eigenvalue weighted by molar-refractivity contribution is 9.11. The average molecular weight is 2040 g/mol. The van der Waals surface area contributed by atoms with Crippen LogP contribution >= 0.6 is 88.6 Å². The van der Waals surface area contributed by atoms with Gasteiger partial charge in [-0.25, -0.2) is 0 Å². The van der Waals surface area contributed by atoms with Gasteiger partial charge in [0.05, 0.1) is 22.3 Å². The molecule has 0 bridgehead atoms. The van der Waals surface area contributed by atoms with Crippen molar-refractivity contribution in [1.82, 2.24) is 0 Å². The third-order valence-electron chi connectivity index (χ3n) is 18.8. The second-order valence-electron chi connectivity index (χ2n) is 28.1. The molecule has 8 N–H and O–H groups in total. The topological polar surface area (TPSA) is 133 Å². The van der Waals surface area contributed by atoms with Crippen LogP contribution in [0.4, 0.5) is 52.7 Å². The highest BCUT2D eigenvalue weighted by atomic mass is 79.9. The molecular formula is C102H90B2Br4F12N2O4S2. The van der Waals surface area contributed by atoms with Crippen LogP contribution in [-0.2, 0) is 35.8 Å². The van der Waals surface area contributed by atoms with Crippen molar-refractivity contribution >= 4 is 119 Å². The van der Waals surface area contributed by atoms with Gasteiger partial charge in [-0.05, 0) is 217 Å². The first-order valence-electron chi connectivity index (χ1n) is 38.3. The molecule has 662 valence electrons. The molecule has 0 aliphatic rings. The van der Waals surface area contributed by atoms with E-state index >= 15 is 0 Å². The van der Waals surface area contributed by atoms with Crippen molar-refractivity contribution in [2.45, 2.75) is 71.4 Å². The lowest BCUT2D eigenvalue weighted by Crippen LogP contribution is -2.29. The summed E-state index contributed by atoms with van der Waals surface area (Å²) in [7, 11) is -3.10. The van der Waals surface area contributed by atoms with Gasteiger partial charge in [-0.15, -0.1) is 0 Å². The Hall–Kier alpha value is -10.6. The van der Waals surface area contributed by atoms with E-state index in [1.807, 2.05) is 104 Å². The van der Waals surface area contributed by atoms with E-state index in [1.54, 1.807) is 24.3 Å². The van der Waals surface area contributed by atoms with Gasteiger partial charge in [-0.2, -0.15) is 65.3 Å². The zero-order valence-corrected chi connectivity index (χ0v) is 75.6. The minimum Gasteiger partial charge on any atom is -0.423 e. The maximum Gasteiger partial charge on any atom is 0.488 e. The van der Waals surface area contributed by atoms with Crippen LogP contribution in [0.2, 0.25) is 0 Å². The zero-order valence-electron chi connectivity index (χ0n) is 67.6. The molecule has 15 rings (SSSR count). The smallest absolute Gasteiger partial charge is 0.423 e. The van der Waals surface area contributed by atoms with Crippen molar-refractivity contribution in [3.8, 4) is 89.0 Å².